The average molecular weight is 406 g/mol. The van der Waals surface area contributed by atoms with E-state index in [-0.39, 0.29) is 12.1 Å². The second-order valence-electron chi connectivity index (χ2n) is 6.00. The monoisotopic (exact) mass is 405 g/mol. The first-order chi connectivity index (χ1) is 11.6. The van der Waals surface area contributed by atoms with Crippen LogP contribution in [-0.2, 0) is 10.3 Å². The van der Waals surface area contributed by atoms with Gasteiger partial charge in [-0.25, -0.2) is 4.79 Å². The molecule has 0 spiro atoms. The zero-order chi connectivity index (χ0) is 17.2. The van der Waals surface area contributed by atoms with Crippen molar-refractivity contribution in [2.75, 3.05) is 6.54 Å². The molecule has 2 aromatic rings. The molecular formula is C19H20BrNO2S. The van der Waals surface area contributed by atoms with E-state index in [0.29, 0.717) is 13.0 Å². The molecule has 2 heterocycles. The Bertz CT molecular complexity index is 713. The number of hydrogen-bond donors (Lipinski definition) is 0. The first kappa shape index (κ1) is 17.2. The lowest BCUT2D eigenvalue weighted by Gasteiger charge is -2.42. The van der Waals surface area contributed by atoms with Crippen molar-refractivity contribution in [3.8, 4) is 0 Å². The number of halogens is 1. The van der Waals surface area contributed by atoms with Crippen LogP contribution in [0.4, 0.5) is 4.79 Å². The third-order valence-electron chi connectivity index (χ3n) is 4.54. The molecule has 5 heteroatoms. The van der Waals surface area contributed by atoms with Gasteiger partial charge in [0.2, 0.25) is 0 Å². The fourth-order valence-corrected chi connectivity index (χ4v) is 4.30. The smallest absolute Gasteiger partial charge is 0.411 e. The Morgan fingerprint density at radius 3 is 2.75 bits per heavy atom. The van der Waals surface area contributed by atoms with Crippen LogP contribution in [-0.4, -0.2) is 17.5 Å². The van der Waals surface area contributed by atoms with Crippen molar-refractivity contribution < 1.29 is 9.53 Å². The molecule has 1 fully saturated rings. The van der Waals surface area contributed by atoms with Crippen molar-refractivity contribution in [2.45, 2.75) is 31.4 Å². The fraction of sp³-hybridized carbons (Fsp3) is 0.316. The Labute approximate surface area is 155 Å². The number of carbonyl (C=O) groups excluding carboxylic acids is 1. The Balaban J connectivity index is 1.80. The maximum Gasteiger partial charge on any atom is 0.411 e. The highest BCUT2D eigenvalue weighted by atomic mass is 79.9. The summed E-state index contributed by atoms with van der Waals surface area (Å²) in [5.74, 6) is 0. The van der Waals surface area contributed by atoms with E-state index in [4.69, 9.17) is 4.74 Å². The number of rotatable bonds is 5. The number of cyclic esters (lactones) is 1. The van der Waals surface area contributed by atoms with E-state index in [0.717, 1.165) is 21.3 Å². The van der Waals surface area contributed by atoms with Gasteiger partial charge in [0, 0.05) is 28.7 Å². The summed E-state index contributed by atoms with van der Waals surface area (Å²) >= 11 is 5.07. The van der Waals surface area contributed by atoms with Crippen molar-refractivity contribution in [3.63, 3.8) is 0 Å². The molecule has 1 aromatic carbocycles. The van der Waals surface area contributed by atoms with Crippen LogP contribution in [0.5, 0.6) is 0 Å². The topological polar surface area (TPSA) is 29.5 Å². The molecule has 0 unspecified atom stereocenters. The summed E-state index contributed by atoms with van der Waals surface area (Å²) in [4.78, 5) is 15.6. The zero-order valence-corrected chi connectivity index (χ0v) is 16.0. The molecule has 2 atom stereocenters. The summed E-state index contributed by atoms with van der Waals surface area (Å²) in [6, 6.07) is 12.1. The minimum atomic E-state index is -0.567. The van der Waals surface area contributed by atoms with Gasteiger partial charge in [0.15, 0.2) is 5.60 Å². The Morgan fingerprint density at radius 1 is 1.42 bits per heavy atom. The summed E-state index contributed by atoms with van der Waals surface area (Å²) in [6.45, 7) is 6.55. The van der Waals surface area contributed by atoms with Crippen LogP contribution in [0.2, 0.25) is 0 Å². The van der Waals surface area contributed by atoms with E-state index >= 15 is 0 Å². The second kappa shape index (κ2) is 7.11. The third kappa shape index (κ3) is 3.28. The molecule has 0 aliphatic carbocycles. The van der Waals surface area contributed by atoms with Gasteiger partial charge in [-0.15, -0.1) is 17.9 Å². The summed E-state index contributed by atoms with van der Waals surface area (Å²) in [5, 5.41) is 2.02. The van der Waals surface area contributed by atoms with Crippen LogP contribution in [0.25, 0.3) is 0 Å². The van der Waals surface area contributed by atoms with E-state index < -0.39 is 5.60 Å². The predicted octanol–water partition coefficient (Wildman–Crippen LogP) is 5.89. The molecule has 1 aliphatic heterocycles. The van der Waals surface area contributed by atoms with Crippen molar-refractivity contribution in [2.24, 2.45) is 0 Å². The molecule has 0 bridgehead atoms. The number of carbonyl (C=O) groups is 1. The van der Waals surface area contributed by atoms with Crippen LogP contribution in [0.3, 0.4) is 0 Å². The molecule has 1 amide bonds. The second-order valence-corrected chi connectivity index (χ2v) is 7.87. The molecule has 0 radical (unpaired) electrons. The minimum Gasteiger partial charge on any atom is -0.437 e. The summed E-state index contributed by atoms with van der Waals surface area (Å²) in [7, 11) is 0. The van der Waals surface area contributed by atoms with Gasteiger partial charge in [-0.3, -0.25) is 0 Å². The molecule has 0 saturated carbocycles. The lowest BCUT2D eigenvalue weighted by atomic mass is 9.91. The van der Waals surface area contributed by atoms with Crippen LogP contribution >= 0.6 is 27.3 Å². The highest BCUT2D eigenvalue weighted by Gasteiger charge is 2.43. The molecular weight excluding hydrogens is 386 g/mol. The lowest BCUT2D eigenvalue weighted by Crippen LogP contribution is -2.48. The number of hydrogen-bond acceptors (Lipinski definition) is 3. The maximum absolute atomic E-state index is 12.7. The number of ether oxygens (including phenoxy) is 1. The maximum atomic E-state index is 12.7. The number of nitrogens with zero attached hydrogens (tertiary/aromatic N) is 1. The van der Waals surface area contributed by atoms with Gasteiger partial charge in [-0.05, 0) is 36.1 Å². The minimum absolute atomic E-state index is 0.0179. The van der Waals surface area contributed by atoms with E-state index in [2.05, 4.69) is 22.5 Å². The standard InChI is InChI=1S/C19H20BrNO2S/c1-3-10-19(17-5-4-13-24-17)11-12-21(18(22)23-19)14(2)15-6-8-16(20)9-7-15/h3-9,13-14H,1,10-12H2,2H3/t14-,19-/m0/s1. The average Bonchev–Trinajstić information content (AvgIpc) is 3.10. The highest BCUT2D eigenvalue weighted by molar-refractivity contribution is 9.10. The van der Waals surface area contributed by atoms with Gasteiger partial charge >= 0.3 is 6.09 Å². The van der Waals surface area contributed by atoms with Gasteiger partial charge < -0.3 is 9.64 Å². The third-order valence-corrected chi connectivity index (χ3v) is 6.12. The molecule has 126 valence electrons. The SMILES string of the molecule is C=CC[C@@]1(c2cccs2)CCN([C@@H](C)c2ccc(Br)cc2)C(=O)O1. The van der Waals surface area contributed by atoms with E-state index in [1.54, 1.807) is 16.2 Å². The van der Waals surface area contributed by atoms with Crippen molar-refractivity contribution in [1.29, 1.82) is 0 Å². The van der Waals surface area contributed by atoms with Crippen LogP contribution in [0.1, 0.15) is 36.2 Å². The highest BCUT2D eigenvalue weighted by Crippen LogP contribution is 2.41. The lowest BCUT2D eigenvalue weighted by molar-refractivity contribution is -0.0567. The van der Waals surface area contributed by atoms with Gasteiger partial charge in [0.1, 0.15) is 0 Å². The van der Waals surface area contributed by atoms with E-state index in [1.165, 1.54) is 0 Å². The number of amides is 1. The molecule has 3 rings (SSSR count). The van der Waals surface area contributed by atoms with Gasteiger partial charge in [-0.2, -0.15) is 0 Å². The molecule has 1 aliphatic rings. The van der Waals surface area contributed by atoms with Crippen molar-refractivity contribution in [3.05, 3.63) is 69.3 Å². The summed E-state index contributed by atoms with van der Waals surface area (Å²) in [6.07, 6.45) is 2.99. The van der Waals surface area contributed by atoms with E-state index in [1.807, 2.05) is 54.8 Å². The van der Waals surface area contributed by atoms with Crippen LogP contribution in [0.15, 0.2) is 58.9 Å². The van der Waals surface area contributed by atoms with Gasteiger partial charge in [0.25, 0.3) is 0 Å². The predicted molar refractivity (Wildman–Crippen MR) is 101 cm³/mol. The van der Waals surface area contributed by atoms with E-state index in [9.17, 15) is 4.79 Å². The summed E-state index contributed by atoms with van der Waals surface area (Å²) < 4.78 is 6.98. The molecule has 3 nitrogen and oxygen atoms in total. The normalized spacial score (nSPS) is 22.1. The Hall–Kier alpha value is -1.59. The molecule has 0 N–H and O–H groups in total. The largest absolute Gasteiger partial charge is 0.437 e. The number of benzene rings is 1. The van der Waals surface area contributed by atoms with Gasteiger partial charge in [-0.1, -0.05) is 40.2 Å². The zero-order valence-electron chi connectivity index (χ0n) is 13.6. The Kier molecular flexibility index (Phi) is 5.11. The van der Waals surface area contributed by atoms with Gasteiger partial charge in [0.05, 0.1) is 6.04 Å². The van der Waals surface area contributed by atoms with Crippen molar-refractivity contribution >= 4 is 33.4 Å². The quantitative estimate of drug-likeness (QED) is 0.580. The fourth-order valence-electron chi connectivity index (χ4n) is 3.13. The van der Waals surface area contributed by atoms with Crippen molar-refractivity contribution in [1.82, 2.24) is 4.90 Å². The van der Waals surface area contributed by atoms with Crippen LogP contribution in [0, 0.1) is 0 Å². The first-order valence-electron chi connectivity index (χ1n) is 7.96. The Morgan fingerprint density at radius 2 is 2.17 bits per heavy atom. The first-order valence-corrected chi connectivity index (χ1v) is 9.63. The van der Waals surface area contributed by atoms with Crippen LogP contribution < -0.4 is 0 Å². The molecule has 1 saturated heterocycles. The molecule has 1 aromatic heterocycles. The molecule has 24 heavy (non-hydrogen) atoms. The summed E-state index contributed by atoms with van der Waals surface area (Å²) in [5.41, 5.74) is 0.533. The number of thiophene rings is 1.